The minimum atomic E-state index is -2.53. The Balaban J connectivity index is 2.12. The molecule has 0 fully saturated rings. The molecule has 0 heterocycles. The van der Waals surface area contributed by atoms with Gasteiger partial charge in [0, 0.05) is 19.0 Å². The van der Waals surface area contributed by atoms with Crippen molar-refractivity contribution >= 4 is 38.6 Å². The van der Waals surface area contributed by atoms with Crippen molar-refractivity contribution in [1.29, 1.82) is 0 Å². The number of rotatable bonds is 5. The lowest BCUT2D eigenvalue weighted by Gasteiger charge is -2.14. The summed E-state index contributed by atoms with van der Waals surface area (Å²) in [7, 11) is -2.53. The van der Waals surface area contributed by atoms with Crippen molar-refractivity contribution in [3.63, 3.8) is 0 Å². The summed E-state index contributed by atoms with van der Waals surface area (Å²) in [5.74, 6) is -0.896. The van der Waals surface area contributed by atoms with E-state index in [4.69, 9.17) is 8.85 Å². The van der Waals surface area contributed by atoms with Crippen molar-refractivity contribution in [2.75, 3.05) is 0 Å². The van der Waals surface area contributed by atoms with Crippen molar-refractivity contribution in [1.82, 2.24) is 0 Å². The summed E-state index contributed by atoms with van der Waals surface area (Å²) in [5, 5.41) is 0.743. The third-order valence-electron chi connectivity index (χ3n) is 3.02. The number of carbonyl (C=O) groups excluding carboxylic acids is 2. The minimum Gasteiger partial charge on any atom is -0.484 e. The van der Waals surface area contributed by atoms with Crippen LogP contribution in [0.1, 0.15) is 25.0 Å². The van der Waals surface area contributed by atoms with Gasteiger partial charge in [-0.15, -0.1) is 0 Å². The Morgan fingerprint density at radius 2 is 1.26 bits per heavy atom. The number of hydrogen-bond acceptors (Lipinski definition) is 4. The monoisotopic (exact) mass is 326 g/mol. The first-order valence-electron chi connectivity index (χ1n) is 7.22. The lowest BCUT2D eigenvalue weighted by molar-refractivity contribution is -0.137. The smallest absolute Gasteiger partial charge is 0.483 e. The van der Waals surface area contributed by atoms with Crippen LogP contribution in [-0.4, -0.2) is 21.2 Å². The Morgan fingerprint density at radius 3 is 1.74 bits per heavy atom. The molecule has 5 heteroatoms. The van der Waals surface area contributed by atoms with Crippen LogP contribution >= 0.6 is 0 Å². The van der Waals surface area contributed by atoms with Gasteiger partial charge in [0.25, 0.3) is 11.9 Å². The van der Waals surface area contributed by atoms with E-state index in [0.29, 0.717) is 0 Å². The van der Waals surface area contributed by atoms with Gasteiger partial charge in [-0.2, -0.15) is 0 Å². The molecule has 0 bridgehead atoms. The summed E-state index contributed by atoms with van der Waals surface area (Å²) in [6.45, 7) is 2.61. The molecule has 0 spiro atoms. The van der Waals surface area contributed by atoms with Gasteiger partial charge in [-0.1, -0.05) is 66.7 Å². The van der Waals surface area contributed by atoms with E-state index in [0.717, 1.165) is 16.3 Å². The summed E-state index contributed by atoms with van der Waals surface area (Å²) in [6, 6.07) is 17.4. The lowest BCUT2D eigenvalue weighted by atomic mass is 10.1. The SMILES string of the molecule is CC(=O)O[SiH](OC(C)=O)c1ccc(C=Cc2ccccc2)cc1. The molecule has 0 saturated heterocycles. The maximum absolute atomic E-state index is 11.1. The molecule has 118 valence electrons. The Labute approximate surface area is 137 Å². The van der Waals surface area contributed by atoms with Crippen LogP contribution in [0.4, 0.5) is 0 Å². The number of hydrogen-bond donors (Lipinski definition) is 0. The third kappa shape index (κ3) is 5.56. The van der Waals surface area contributed by atoms with Gasteiger partial charge in [0.05, 0.1) is 0 Å². The van der Waals surface area contributed by atoms with Crippen molar-refractivity contribution in [2.24, 2.45) is 0 Å². The average molecular weight is 326 g/mol. The normalized spacial score (nSPS) is 10.7. The van der Waals surface area contributed by atoms with Crippen molar-refractivity contribution in [3.8, 4) is 0 Å². The van der Waals surface area contributed by atoms with Gasteiger partial charge in [0.2, 0.25) is 0 Å². The lowest BCUT2D eigenvalue weighted by Crippen LogP contribution is -2.39. The van der Waals surface area contributed by atoms with Crippen LogP contribution < -0.4 is 5.19 Å². The minimum absolute atomic E-state index is 0.448. The average Bonchev–Trinajstić information content (AvgIpc) is 2.53. The molecule has 2 aromatic carbocycles. The van der Waals surface area contributed by atoms with Gasteiger partial charge < -0.3 is 8.85 Å². The Bertz CT molecular complexity index is 677. The second-order valence-electron chi connectivity index (χ2n) is 4.96. The van der Waals surface area contributed by atoms with E-state index in [9.17, 15) is 9.59 Å². The largest absolute Gasteiger partial charge is 0.484 e. The molecule has 23 heavy (non-hydrogen) atoms. The first kappa shape index (κ1) is 16.7. The summed E-state index contributed by atoms with van der Waals surface area (Å²) in [4.78, 5) is 22.3. The van der Waals surface area contributed by atoms with E-state index < -0.39 is 21.2 Å². The molecule has 0 saturated carbocycles. The van der Waals surface area contributed by atoms with Crippen molar-refractivity contribution in [2.45, 2.75) is 13.8 Å². The van der Waals surface area contributed by atoms with E-state index in [1.807, 2.05) is 66.7 Å². The van der Waals surface area contributed by atoms with Gasteiger partial charge in [-0.25, -0.2) is 0 Å². The van der Waals surface area contributed by atoms with Crippen LogP contribution in [0.15, 0.2) is 54.6 Å². The first-order chi connectivity index (χ1) is 11.0. The van der Waals surface area contributed by atoms with Crippen LogP contribution in [0, 0.1) is 0 Å². The van der Waals surface area contributed by atoms with E-state index in [1.54, 1.807) is 0 Å². The van der Waals surface area contributed by atoms with Crippen LogP contribution in [0.25, 0.3) is 12.2 Å². The maximum atomic E-state index is 11.1. The topological polar surface area (TPSA) is 52.6 Å². The van der Waals surface area contributed by atoms with Gasteiger partial charge >= 0.3 is 9.28 Å². The molecule has 0 N–H and O–H groups in total. The number of carbonyl (C=O) groups is 2. The maximum Gasteiger partial charge on any atom is 0.483 e. The highest BCUT2D eigenvalue weighted by atomic mass is 28.3. The Hall–Kier alpha value is -2.66. The van der Waals surface area contributed by atoms with Crippen LogP contribution in [0.2, 0.25) is 0 Å². The van der Waals surface area contributed by atoms with Gasteiger partial charge in [-0.3, -0.25) is 9.59 Å². The molecule has 0 unspecified atom stereocenters. The second kappa shape index (κ2) is 8.10. The predicted octanol–water partition coefficient (Wildman–Crippen LogP) is 2.41. The van der Waals surface area contributed by atoms with E-state index in [-0.39, 0.29) is 0 Å². The number of benzene rings is 2. The van der Waals surface area contributed by atoms with E-state index in [2.05, 4.69) is 0 Å². The van der Waals surface area contributed by atoms with Crippen LogP contribution in [-0.2, 0) is 18.4 Å². The molecule has 4 nitrogen and oxygen atoms in total. The molecular formula is C18H18O4Si. The zero-order valence-electron chi connectivity index (χ0n) is 13.1. The zero-order valence-corrected chi connectivity index (χ0v) is 14.2. The standard InChI is InChI=1S/C18H18O4Si/c1-14(19)21-23(22-15(2)20)18-12-10-17(11-13-18)9-8-16-6-4-3-5-7-16/h3-13,23H,1-2H3. The summed E-state index contributed by atoms with van der Waals surface area (Å²) in [6.07, 6.45) is 4.01. The third-order valence-corrected chi connectivity index (χ3v) is 5.04. The van der Waals surface area contributed by atoms with Gasteiger partial charge in [-0.05, 0) is 11.1 Å². The van der Waals surface area contributed by atoms with Gasteiger partial charge in [0.1, 0.15) is 0 Å². The summed E-state index contributed by atoms with van der Waals surface area (Å²) in [5.41, 5.74) is 2.12. The fourth-order valence-electron chi connectivity index (χ4n) is 1.98. The highest BCUT2D eigenvalue weighted by Crippen LogP contribution is 2.07. The molecule has 0 amide bonds. The molecule has 0 atom stereocenters. The first-order valence-corrected chi connectivity index (χ1v) is 8.74. The van der Waals surface area contributed by atoms with Crippen molar-refractivity contribution in [3.05, 3.63) is 65.7 Å². The molecule has 2 aromatic rings. The Kier molecular flexibility index (Phi) is 5.88. The molecular weight excluding hydrogens is 308 g/mol. The fourth-order valence-corrected chi connectivity index (χ4v) is 3.41. The highest BCUT2D eigenvalue weighted by molar-refractivity contribution is 6.64. The van der Waals surface area contributed by atoms with Crippen LogP contribution in [0.5, 0.6) is 0 Å². The Morgan fingerprint density at radius 1 is 0.783 bits per heavy atom. The zero-order chi connectivity index (χ0) is 16.7. The molecule has 0 aliphatic carbocycles. The molecule has 0 aliphatic rings. The quantitative estimate of drug-likeness (QED) is 0.625. The second-order valence-corrected chi connectivity index (χ2v) is 6.76. The molecule has 0 radical (unpaired) electrons. The molecule has 0 aliphatic heterocycles. The van der Waals surface area contributed by atoms with E-state index >= 15 is 0 Å². The van der Waals surface area contributed by atoms with E-state index in [1.165, 1.54) is 13.8 Å². The fraction of sp³-hybridized carbons (Fsp3) is 0.111. The van der Waals surface area contributed by atoms with Gasteiger partial charge in [0.15, 0.2) is 0 Å². The van der Waals surface area contributed by atoms with Crippen molar-refractivity contribution < 1.29 is 18.4 Å². The molecule has 0 aromatic heterocycles. The highest BCUT2D eigenvalue weighted by Gasteiger charge is 2.22. The van der Waals surface area contributed by atoms with Crippen LogP contribution in [0.3, 0.4) is 0 Å². The predicted molar refractivity (Wildman–Crippen MR) is 92.1 cm³/mol. The summed E-state index contributed by atoms with van der Waals surface area (Å²) < 4.78 is 10.3. The summed E-state index contributed by atoms with van der Waals surface area (Å²) >= 11 is 0. The molecule has 2 rings (SSSR count).